The third-order valence-corrected chi connectivity index (χ3v) is 3.80. The van der Waals surface area contributed by atoms with Gasteiger partial charge in [0.05, 0.1) is 11.2 Å². The van der Waals surface area contributed by atoms with Crippen LogP contribution in [0.15, 0.2) is 18.2 Å². The van der Waals surface area contributed by atoms with Crippen LogP contribution in [-0.2, 0) is 9.31 Å². The quantitative estimate of drug-likeness (QED) is 0.673. The van der Waals surface area contributed by atoms with Crippen LogP contribution in [0.25, 0.3) is 0 Å². The fraction of sp³-hybridized carbons (Fsp3) is 0.538. The van der Waals surface area contributed by atoms with Gasteiger partial charge in [0.15, 0.2) is 0 Å². The summed E-state index contributed by atoms with van der Waals surface area (Å²) in [6.07, 6.45) is -4.75. The van der Waals surface area contributed by atoms with Gasteiger partial charge in [0.25, 0.3) is 0 Å². The highest BCUT2D eigenvalue weighted by Gasteiger charge is 2.52. The molecule has 0 aromatic heterocycles. The van der Waals surface area contributed by atoms with Crippen LogP contribution in [0.3, 0.4) is 0 Å². The van der Waals surface area contributed by atoms with Crippen molar-refractivity contribution in [2.24, 2.45) is 0 Å². The van der Waals surface area contributed by atoms with Crippen molar-refractivity contribution in [3.8, 4) is 5.75 Å². The minimum Gasteiger partial charge on any atom is -0.406 e. The molecular weight excluding hydrogens is 286 g/mol. The molecule has 1 saturated heterocycles. The Labute approximate surface area is 121 Å². The number of ether oxygens (including phenoxy) is 1. The second kappa shape index (κ2) is 4.81. The third-order valence-electron chi connectivity index (χ3n) is 3.80. The number of nitrogens with two attached hydrogens (primary N) is 1. The molecule has 116 valence electrons. The largest absolute Gasteiger partial charge is 0.573 e. The lowest BCUT2D eigenvalue weighted by atomic mass is 9.78. The smallest absolute Gasteiger partial charge is 0.406 e. The number of anilines is 1. The monoisotopic (exact) mass is 303 g/mol. The third kappa shape index (κ3) is 3.27. The summed E-state index contributed by atoms with van der Waals surface area (Å²) in [6.45, 7) is 7.52. The van der Waals surface area contributed by atoms with Crippen molar-refractivity contribution in [1.82, 2.24) is 0 Å². The standard InChI is InChI=1S/C13H17BF3NO3/c1-11(2)12(3,4)21-14(20-11)9-6-5-8(7-10(9)18)19-13(15,16)17/h5-7H,18H2,1-4H3. The van der Waals surface area contributed by atoms with Gasteiger partial charge in [0, 0.05) is 17.2 Å². The molecule has 0 unspecified atom stereocenters. The van der Waals surface area contributed by atoms with Crippen molar-refractivity contribution in [2.75, 3.05) is 5.73 Å². The molecule has 8 heteroatoms. The fourth-order valence-corrected chi connectivity index (χ4v) is 1.93. The van der Waals surface area contributed by atoms with Gasteiger partial charge in [-0.2, -0.15) is 0 Å². The highest BCUT2D eigenvalue weighted by molar-refractivity contribution is 6.63. The van der Waals surface area contributed by atoms with Gasteiger partial charge in [-0.05, 0) is 33.8 Å². The molecule has 0 saturated carbocycles. The van der Waals surface area contributed by atoms with Gasteiger partial charge in [-0.3, -0.25) is 0 Å². The minimum atomic E-state index is -4.75. The topological polar surface area (TPSA) is 53.7 Å². The van der Waals surface area contributed by atoms with Crippen molar-refractivity contribution >= 4 is 18.3 Å². The van der Waals surface area contributed by atoms with Gasteiger partial charge in [-0.1, -0.05) is 6.07 Å². The Morgan fingerprint density at radius 3 is 2.05 bits per heavy atom. The number of rotatable bonds is 2. The molecule has 21 heavy (non-hydrogen) atoms. The van der Waals surface area contributed by atoms with E-state index >= 15 is 0 Å². The van der Waals surface area contributed by atoms with Crippen LogP contribution >= 0.6 is 0 Å². The highest BCUT2D eigenvalue weighted by Crippen LogP contribution is 2.37. The molecule has 0 bridgehead atoms. The Bertz CT molecular complexity index is 530. The van der Waals surface area contributed by atoms with Crippen LogP contribution < -0.4 is 15.9 Å². The van der Waals surface area contributed by atoms with Crippen molar-refractivity contribution < 1.29 is 27.2 Å². The Morgan fingerprint density at radius 1 is 1.10 bits per heavy atom. The normalized spacial score (nSPS) is 20.6. The molecule has 1 heterocycles. The fourth-order valence-electron chi connectivity index (χ4n) is 1.93. The van der Waals surface area contributed by atoms with Gasteiger partial charge in [-0.15, -0.1) is 13.2 Å². The van der Waals surface area contributed by atoms with Crippen LogP contribution in [0, 0.1) is 0 Å². The predicted molar refractivity (Wildman–Crippen MR) is 73.3 cm³/mol. The average molecular weight is 303 g/mol. The van der Waals surface area contributed by atoms with Gasteiger partial charge < -0.3 is 19.8 Å². The van der Waals surface area contributed by atoms with E-state index in [1.54, 1.807) is 0 Å². The molecule has 1 fully saturated rings. The lowest BCUT2D eigenvalue weighted by Crippen LogP contribution is -2.41. The van der Waals surface area contributed by atoms with E-state index in [1.807, 2.05) is 27.7 Å². The second-order valence-electron chi connectivity index (χ2n) is 5.93. The molecule has 1 aliphatic rings. The number of benzene rings is 1. The zero-order valence-corrected chi connectivity index (χ0v) is 12.2. The summed E-state index contributed by atoms with van der Waals surface area (Å²) < 4.78 is 51.9. The Kier molecular flexibility index (Phi) is 3.66. The molecule has 2 N–H and O–H groups in total. The maximum absolute atomic E-state index is 12.2. The van der Waals surface area contributed by atoms with Gasteiger partial charge in [-0.25, -0.2) is 0 Å². The molecule has 1 aromatic carbocycles. The van der Waals surface area contributed by atoms with E-state index in [0.29, 0.717) is 5.46 Å². The van der Waals surface area contributed by atoms with Gasteiger partial charge in [0.1, 0.15) is 5.75 Å². The predicted octanol–water partition coefficient (Wildman–Crippen LogP) is 2.47. The first-order chi connectivity index (χ1) is 9.41. The van der Waals surface area contributed by atoms with Gasteiger partial charge >= 0.3 is 13.5 Å². The molecule has 0 atom stereocenters. The zero-order chi connectivity index (χ0) is 16.1. The first kappa shape index (κ1) is 16.0. The zero-order valence-electron chi connectivity index (χ0n) is 12.2. The Hall–Kier alpha value is -1.41. The molecule has 2 rings (SSSR count). The number of alkyl halides is 3. The summed E-state index contributed by atoms with van der Waals surface area (Å²) in [5.41, 5.74) is 5.28. The van der Waals surface area contributed by atoms with Crippen LogP contribution in [-0.4, -0.2) is 24.7 Å². The van der Waals surface area contributed by atoms with E-state index in [4.69, 9.17) is 15.0 Å². The summed E-state index contributed by atoms with van der Waals surface area (Å²) >= 11 is 0. The van der Waals surface area contributed by atoms with E-state index in [1.165, 1.54) is 12.1 Å². The Morgan fingerprint density at radius 2 is 1.62 bits per heavy atom. The molecule has 1 aromatic rings. The first-order valence-electron chi connectivity index (χ1n) is 6.42. The summed E-state index contributed by atoms with van der Waals surface area (Å²) in [5, 5.41) is 0. The van der Waals surface area contributed by atoms with Crippen LogP contribution in [0.4, 0.5) is 18.9 Å². The Balaban J connectivity index is 2.23. The van der Waals surface area contributed by atoms with Crippen LogP contribution in [0.5, 0.6) is 5.75 Å². The molecule has 0 radical (unpaired) electrons. The summed E-state index contributed by atoms with van der Waals surface area (Å²) in [6, 6.07) is 3.70. The summed E-state index contributed by atoms with van der Waals surface area (Å²) in [7, 11) is -0.727. The average Bonchev–Trinajstić information content (AvgIpc) is 2.45. The molecule has 1 aliphatic heterocycles. The lowest BCUT2D eigenvalue weighted by molar-refractivity contribution is -0.274. The summed E-state index contributed by atoms with van der Waals surface area (Å²) in [4.78, 5) is 0. The van der Waals surface area contributed by atoms with Crippen molar-refractivity contribution in [3.63, 3.8) is 0 Å². The van der Waals surface area contributed by atoms with Crippen molar-refractivity contribution in [2.45, 2.75) is 45.3 Å². The number of nitrogen functional groups attached to an aromatic ring is 1. The molecule has 0 amide bonds. The van der Waals surface area contributed by atoms with E-state index in [9.17, 15) is 13.2 Å². The maximum atomic E-state index is 12.2. The molecule has 0 aliphatic carbocycles. The van der Waals surface area contributed by atoms with Crippen molar-refractivity contribution in [1.29, 1.82) is 0 Å². The lowest BCUT2D eigenvalue weighted by Gasteiger charge is -2.32. The van der Waals surface area contributed by atoms with E-state index in [2.05, 4.69) is 4.74 Å². The molecular formula is C13H17BF3NO3. The van der Waals surface area contributed by atoms with Crippen molar-refractivity contribution in [3.05, 3.63) is 18.2 Å². The number of halogens is 3. The molecule has 0 spiro atoms. The SMILES string of the molecule is CC1(C)OB(c2ccc(OC(F)(F)F)cc2N)OC1(C)C. The summed E-state index contributed by atoms with van der Waals surface area (Å²) in [5.74, 6) is -0.375. The number of hydrogen-bond acceptors (Lipinski definition) is 4. The van der Waals surface area contributed by atoms with Gasteiger partial charge in [0.2, 0.25) is 0 Å². The maximum Gasteiger partial charge on any atom is 0.573 e. The minimum absolute atomic E-state index is 0.121. The van der Waals surface area contributed by atoms with E-state index in [0.717, 1.165) is 6.07 Å². The first-order valence-corrected chi connectivity index (χ1v) is 6.42. The highest BCUT2D eigenvalue weighted by atomic mass is 19.4. The number of hydrogen-bond donors (Lipinski definition) is 1. The van der Waals surface area contributed by atoms with E-state index in [-0.39, 0.29) is 11.4 Å². The second-order valence-corrected chi connectivity index (χ2v) is 5.93. The molecule has 4 nitrogen and oxygen atoms in total. The van der Waals surface area contributed by atoms with Crippen LogP contribution in [0.1, 0.15) is 27.7 Å². The van der Waals surface area contributed by atoms with E-state index < -0.39 is 24.7 Å². The van der Waals surface area contributed by atoms with Crippen LogP contribution in [0.2, 0.25) is 0 Å².